The molecular weight excluding hydrogens is 661 g/mol. The summed E-state index contributed by atoms with van der Waals surface area (Å²) >= 11 is 0. The van der Waals surface area contributed by atoms with Crippen LogP contribution in [0.1, 0.15) is 17.0 Å². The Labute approximate surface area is 314 Å². The molecule has 0 bridgehead atoms. The van der Waals surface area contributed by atoms with E-state index in [-0.39, 0.29) is 0 Å². The molecule has 0 aliphatic rings. The van der Waals surface area contributed by atoms with Gasteiger partial charge >= 0.3 is 0 Å². The van der Waals surface area contributed by atoms with Gasteiger partial charge in [-0.2, -0.15) is 0 Å². The minimum Gasteiger partial charge on any atom is -0.299 e. The van der Waals surface area contributed by atoms with E-state index in [2.05, 4.69) is 41.4 Å². The highest BCUT2D eigenvalue weighted by Crippen LogP contribution is 2.30. The lowest BCUT2D eigenvalue weighted by Crippen LogP contribution is -2.01. The molecule has 6 heteroatoms. The van der Waals surface area contributed by atoms with Gasteiger partial charge in [-0.15, -0.1) is 0 Å². The second kappa shape index (κ2) is 15.8. The average Bonchev–Trinajstić information content (AvgIpc) is 3.26. The molecule has 0 aliphatic carbocycles. The van der Waals surface area contributed by atoms with Crippen molar-refractivity contribution < 1.29 is 0 Å². The Bertz CT molecular complexity index is 2530. The van der Waals surface area contributed by atoms with Crippen molar-refractivity contribution in [3.05, 3.63) is 211 Å². The molecule has 0 spiro atoms. The van der Waals surface area contributed by atoms with Crippen LogP contribution in [-0.4, -0.2) is 30.6 Å². The maximum Gasteiger partial charge on any atom is 0.164 e. The summed E-state index contributed by atoms with van der Waals surface area (Å²) in [4.78, 5) is 24.0. The first-order valence-corrected chi connectivity index (χ1v) is 17.7. The predicted molar refractivity (Wildman–Crippen MR) is 219 cm³/mol. The summed E-state index contributed by atoms with van der Waals surface area (Å²) in [7, 11) is 0. The minimum absolute atomic E-state index is 0.319. The molecule has 0 saturated heterocycles. The molecule has 3 aromatic heterocycles. The molecule has 6 nitrogen and oxygen atoms in total. The molecule has 0 radical (unpaired) electrons. The Morgan fingerprint density at radius 1 is 0.444 bits per heavy atom. The van der Waals surface area contributed by atoms with Crippen molar-refractivity contribution in [2.75, 3.05) is 0 Å². The Kier molecular flexibility index (Phi) is 9.89. The van der Waals surface area contributed by atoms with E-state index in [9.17, 15) is 0 Å². The fourth-order valence-corrected chi connectivity index (χ4v) is 6.09. The second-order valence-corrected chi connectivity index (χ2v) is 12.6. The van der Waals surface area contributed by atoms with Gasteiger partial charge in [0, 0.05) is 28.5 Å². The van der Waals surface area contributed by atoms with Gasteiger partial charge in [-0.05, 0) is 64.7 Å². The molecular formula is C48H34N6. The number of pyridine rings is 2. The number of rotatable bonds is 10. The Morgan fingerprint density at radius 3 is 1.65 bits per heavy atom. The summed E-state index contributed by atoms with van der Waals surface area (Å²) in [5.74, 6) is 1.87. The van der Waals surface area contributed by atoms with E-state index >= 15 is 0 Å². The first-order chi connectivity index (χ1) is 26.7. The molecule has 3 heterocycles. The molecule has 54 heavy (non-hydrogen) atoms. The molecule has 256 valence electrons. The van der Waals surface area contributed by atoms with Crippen LogP contribution in [0.3, 0.4) is 0 Å². The SMILES string of the molecule is N=C(/C=C(\C=C\c1ccccn1)c1ccccc1)c1cccc(-c2ccc(-c3cccc(-c4nc(-c5ccccc5)nc(-c5ccccc5)n4)c3)cc2)n1. The molecule has 0 atom stereocenters. The van der Waals surface area contributed by atoms with E-state index in [0.717, 1.165) is 55.9 Å². The summed E-state index contributed by atoms with van der Waals surface area (Å²) in [6, 6.07) is 58.3. The topological polar surface area (TPSA) is 88.3 Å². The van der Waals surface area contributed by atoms with E-state index in [4.69, 9.17) is 25.3 Å². The summed E-state index contributed by atoms with van der Waals surface area (Å²) < 4.78 is 0. The highest BCUT2D eigenvalue weighted by Gasteiger charge is 2.13. The lowest BCUT2D eigenvalue weighted by atomic mass is 10.00. The number of benzene rings is 5. The van der Waals surface area contributed by atoms with Crippen molar-refractivity contribution in [1.29, 1.82) is 5.41 Å². The number of hydrogen-bond donors (Lipinski definition) is 1. The zero-order valence-electron chi connectivity index (χ0n) is 29.3. The van der Waals surface area contributed by atoms with Gasteiger partial charge in [-0.25, -0.2) is 19.9 Å². The number of allylic oxidation sites excluding steroid dienone is 3. The maximum atomic E-state index is 9.01. The lowest BCUT2D eigenvalue weighted by molar-refractivity contribution is 1.07. The Balaban J connectivity index is 1.06. The maximum absolute atomic E-state index is 9.01. The molecule has 5 aromatic carbocycles. The number of nitrogens with zero attached hydrogens (tertiary/aromatic N) is 5. The van der Waals surface area contributed by atoms with Crippen LogP contribution in [0.5, 0.6) is 0 Å². The summed E-state index contributed by atoms with van der Waals surface area (Å²) in [6.45, 7) is 0. The molecule has 0 saturated carbocycles. The zero-order valence-corrected chi connectivity index (χ0v) is 29.3. The minimum atomic E-state index is 0.319. The van der Waals surface area contributed by atoms with Crippen LogP contribution >= 0.6 is 0 Å². The third-order valence-corrected chi connectivity index (χ3v) is 8.89. The molecule has 8 rings (SSSR count). The van der Waals surface area contributed by atoms with E-state index in [1.807, 2.05) is 158 Å². The molecule has 0 amide bonds. The fourth-order valence-electron chi connectivity index (χ4n) is 6.09. The fraction of sp³-hybridized carbons (Fsp3) is 0. The van der Waals surface area contributed by atoms with Crippen molar-refractivity contribution in [1.82, 2.24) is 24.9 Å². The average molecular weight is 695 g/mol. The smallest absolute Gasteiger partial charge is 0.164 e. The van der Waals surface area contributed by atoms with Gasteiger partial charge in [0.25, 0.3) is 0 Å². The molecule has 0 unspecified atom stereocenters. The van der Waals surface area contributed by atoms with Crippen molar-refractivity contribution in [3.8, 4) is 56.5 Å². The summed E-state index contributed by atoms with van der Waals surface area (Å²) in [5.41, 5.74) is 10.3. The highest BCUT2D eigenvalue weighted by molar-refractivity contribution is 6.10. The monoisotopic (exact) mass is 694 g/mol. The van der Waals surface area contributed by atoms with E-state index in [1.54, 1.807) is 6.20 Å². The van der Waals surface area contributed by atoms with Crippen molar-refractivity contribution >= 4 is 17.4 Å². The first-order valence-electron chi connectivity index (χ1n) is 17.7. The van der Waals surface area contributed by atoms with E-state index < -0.39 is 0 Å². The molecule has 1 N–H and O–H groups in total. The van der Waals surface area contributed by atoms with Gasteiger partial charge in [0.1, 0.15) is 0 Å². The van der Waals surface area contributed by atoms with Gasteiger partial charge in [0.15, 0.2) is 17.5 Å². The zero-order chi connectivity index (χ0) is 36.5. The van der Waals surface area contributed by atoms with E-state index in [1.165, 1.54) is 0 Å². The van der Waals surface area contributed by atoms with Crippen LogP contribution in [0, 0.1) is 5.41 Å². The largest absolute Gasteiger partial charge is 0.299 e. The van der Waals surface area contributed by atoms with E-state index in [0.29, 0.717) is 28.9 Å². The third-order valence-electron chi connectivity index (χ3n) is 8.89. The van der Waals surface area contributed by atoms with Gasteiger partial charge in [-0.1, -0.05) is 152 Å². The van der Waals surface area contributed by atoms with Crippen LogP contribution in [-0.2, 0) is 0 Å². The van der Waals surface area contributed by atoms with Gasteiger partial charge < -0.3 is 0 Å². The summed E-state index contributed by atoms with van der Waals surface area (Å²) in [5, 5.41) is 9.01. The van der Waals surface area contributed by atoms with Crippen molar-refractivity contribution in [2.45, 2.75) is 0 Å². The molecule has 0 aliphatic heterocycles. The predicted octanol–water partition coefficient (Wildman–Crippen LogP) is 11.2. The van der Waals surface area contributed by atoms with Crippen molar-refractivity contribution in [3.63, 3.8) is 0 Å². The van der Waals surface area contributed by atoms with Crippen LogP contribution in [0.4, 0.5) is 0 Å². The summed E-state index contributed by atoms with van der Waals surface area (Å²) in [6.07, 6.45) is 7.58. The van der Waals surface area contributed by atoms with Gasteiger partial charge in [0.05, 0.1) is 22.8 Å². The Morgan fingerprint density at radius 2 is 1.00 bits per heavy atom. The second-order valence-electron chi connectivity index (χ2n) is 12.6. The van der Waals surface area contributed by atoms with Crippen LogP contribution in [0.15, 0.2) is 194 Å². The quantitative estimate of drug-likeness (QED) is 0.114. The van der Waals surface area contributed by atoms with Gasteiger partial charge in [0.2, 0.25) is 0 Å². The number of nitrogens with one attached hydrogen (secondary N) is 1. The number of aromatic nitrogens is 5. The van der Waals surface area contributed by atoms with Crippen molar-refractivity contribution in [2.24, 2.45) is 0 Å². The van der Waals surface area contributed by atoms with Crippen LogP contribution in [0.25, 0.3) is 68.2 Å². The lowest BCUT2D eigenvalue weighted by Gasteiger charge is -2.10. The first kappa shape index (κ1) is 33.7. The molecule has 8 aromatic rings. The third kappa shape index (κ3) is 7.88. The van der Waals surface area contributed by atoms with Gasteiger partial charge in [-0.3, -0.25) is 10.4 Å². The number of hydrogen-bond acceptors (Lipinski definition) is 6. The molecule has 0 fully saturated rings. The standard InChI is InChI=1S/C48H34N6/c49-43(33-40(34-14-4-1-5-15-34)29-30-42-22-10-11-31-50-42)45-24-13-23-44(51-45)36-27-25-35(26-28-36)39-20-12-21-41(32-39)48-53-46(37-16-6-2-7-17-37)52-47(54-48)38-18-8-3-9-19-38/h1-33,49H/b30-29+,40-33+,49-43?. The normalized spacial score (nSPS) is 11.4. The Hall–Kier alpha value is -7.44. The highest BCUT2D eigenvalue weighted by atomic mass is 15.0. The van der Waals surface area contributed by atoms with Crippen LogP contribution in [0.2, 0.25) is 0 Å². The van der Waals surface area contributed by atoms with Crippen LogP contribution < -0.4 is 0 Å².